The molecule has 0 saturated carbocycles. The van der Waals surface area contributed by atoms with E-state index in [4.69, 9.17) is 0 Å². The Hall–Kier alpha value is -2.26. The van der Waals surface area contributed by atoms with Crippen LogP contribution in [0.5, 0.6) is 0 Å². The van der Waals surface area contributed by atoms with Gasteiger partial charge in [-0.05, 0) is 35.7 Å². The van der Waals surface area contributed by atoms with Crippen molar-refractivity contribution in [3.8, 4) is 0 Å². The van der Waals surface area contributed by atoms with Crippen LogP contribution < -0.4 is 6.15 Å². The van der Waals surface area contributed by atoms with Crippen LogP contribution in [0.15, 0.2) is 61.1 Å². The van der Waals surface area contributed by atoms with Gasteiger partial charge < -0.3 is 6.15 Å². The highest BCUT2D eigenvalue weighted by Crippen LogP contribution is 2.32. The number of aromatic nitrogens is 2. The number of pyridine rings is 2. The van der Waals surface area contributed by atoms with Crippen molar-refractivity contribution in [1.82, 2.24) is 16.1 Å². The minimum absolute atomic E-state index is 0. The number of hydrogen-bond acceptors (Lipinski definition) is 3. The van der Waals surface area contributed by atoms with E-state index in [1.54, 1.807) is 0 Å². The molecule has 108 valence electrons. The summed E-state index contributed by atoms with van der Waals surface area (Å²) >= 11 is 0. The highest BCUT2D eigenvalue weighted by molar-refractivity contribution is 5.82. The quantitative estimate of drug-likeness (QED) is 0.751. The van der Waals surface area contributed by atoms with E-state index in [1.807, 2.05) is 30.7 Å². The zero-order valence-electron chi connectivity index (χ0n) is 12.4. The third kappa shape index (κ3) is 3.09. The molecular formula is C18H21N3. The molecule has 0 aliphatic rings. The van der Waals surface area contributed by atoms with Crippen molar-refractivity contribution in [3.63, 3.8) is 0 Å². The number of para-hydroxylation sites is 1. The Morgan fingerprint density at radius 2 is 1.86 bits per heavy atom. The predicted octanol–water partition coefficient (Wildman–Crippen LogP) is 4.72. The van der Waals surface area contributed by atoms with Gasteiger partial charge in [-0.1, -0.05) is 37.6 Å². The Bertz CT molecular complexity index is 690. The van der Waals surface area contributed by atoms with E-state index in [0.29, 0.717) is 5.92 Å². The molecule has 3 aromatic rings. The summed E-state index contributed by atoms with van der Waals surface area (Å²) in [7, 11) is 0. The van der Waals surface area contributed by atoms with Gasteiger partial charge in [-0.2, -0.15) is 0 Å². The first-order valence-electron chi connectivity index (χ1n) is 7.13. The molecule has 0 spiro atoms. The van der Waals surface area contributed by atoms with Crippen LogP contribution in [0, 0.1) is 0 Å². The van der Waals surface area contributed by atoms with Gasteiger partial charge in [0, 0.05) is 29.9 Å². The van der Waals surface area contributed by atoms with Crippen LogP contribution in [0.4, 0.5) is 0 Å². The van der Waals surface area contributed by atoms with Crippen molar-refractivity contribution in [3.05, 3.63) is 72.2 Å². The van der Waals surface area contributed by atoms with E-state index in [1.165, 1.54) is 16.5 Å². The lowest BCUT2D eigenvalue weighted by Crippen LogP contribution is -2.02. The van der Waals surface area contributed by atoms with Gasteiger partial charge in [0.2, 0.25) is 0 Å². The van der Waals surface area contributed by atoms with Crippen molar-refractivity contribution < 1.29 is 0 Å². The number of fused-ring (bicyclic) bond motifs is 1. The van der Waals surface area contributed by atoms with Gasteiger partial charge in [-0.15, -0.1) is 0 Å². The molecule has 1 aromatic carbocycles. The number of benzene rings is 1. The minimum atomic E-state index is 0. The van der Waals surface area contributed by atoms with Crippen LogP contribution >= 0.6 is 0 Å². The summed E-state index contributed by atoms with van der Waals surface area (Å²) in [4.78, 5) is 8.74. The van der Waals surface area contributed by atoms with Crippen molar-refractivity contribution in [2.24, 2.45) is 0 Å². The standard InChI is InChI=1S/C18H18N2.H3N/c1-2-6-15(14-7-5-11-19-13-14)16-10-12-20-18-9-4-3-8-17(16)18;/h3-5,7-13,15H,2,6H2,1H3;1H3. The molecule has 0 radical (unpaired) electrons. The first kappa shape index (κ1) is 15.1. The molecule has 0 amide bonds. The monoisotopic (exact) mass is 279 g/mol. The van der Waals surface area contributed by atoms with Gasteiger partial charge >= 0.3 is 0 Å². The first-order valence-corrected chi connectivity index (χ1v) is 7.13. The van der Waals surface area contributed by atoms with Gasteiger partial charge in [0.1, 0.15) is 0 Å². The van der Waals surface area contributed by atoms with E-state index in [9.17, 15) is 0 Å². The van der Waals surface area contributed by atoms with E-state index >= 15 is 0 Å². The lowest BCUT2D eigenvalue weighted by Gasteiger charge is -2.18. The van der Waals surface area contributed by atoms with Gasteiger partial charge in [0.15, 0.2) is 0 Å². The minimum Gasteiger partial charge on any atom is -0.344 e. The largest absolute Gasteiger partial charge is 0.344 e. The maximum absolute atomic E-state index is 4.46. The molecule has 3 N–H and O–H groups in total. The average molecular weight is 279 g/mol. The molecule has 0 aliphatic heterocycles. The summed E-state index contributed by atoms with van der Waals surface area (Å²) in [6.07, 6.45) is 8.00. The number of nitrogens with zero attached hydrogens (tertiary/aromatic N) is 2. The molecule has 0 bridgehead atoms. The highest BCUT2D eigenvalue weighted by Gasteiger charge is 2.16. The Balaban J connectivity index is 0.00000161. The number of rotatable bonds is 4. The molecule has 1 atom stereocenters. The second kappa shape index (κ2) is 6.95. The second-order valence-corrected chi connectivity index (χ2v) is 5.04. The molecule has 2 aromatic heterocycles. The smallest absolute Gasteiger partial charge is 0.0704 e. The fourth-order valence-electron chi connectivity index (χ4n) is 2.79. The van der Waals surface area contributed by atoms with Crippen molar-refractivity contribution in [2.45, 2.75) is 25.7 Å². The number of hydrogen-bond donors (Lipinski definition) is 1. The molecule has 2 heterocycles. The SMILES string of the molecule is CCCC(c1cccnc1)c1ccnc2ccccc12.N. The van der Waals surface area contributed by atoms with Crippen LogP contribution in [0.2, 0.25) is 0 Å². The van der Waals surface area contributed by atoms with Crippen LogP contribution in [-0.4, -0.2) is 9.97 Å². The Labute approximate surface area is 125 Å². The van der Waals surface area contributed by atoms with Crippen molar-refractivity contribution in [1.29, 1.82) is 0 Å². The second-order valence-electron chi connectivity index (χ2n) is 5.04. The molecule has 3 rings (SSSR count). The summed E-state index contributed by atoms with van der Waals surface area (Å²) < 4.78 is 0. The summed E-state index contributed by atoms with van der Waals surface area (Å²) in [6.45, 7) is 2.23. The Morgan fingerprint density at radius 1 is 1.00 bits per heavy atom. The van der Waals surface area contributed by atoms with Gasteiger partial charge in [0.25, 0.3) is 0 Å². The summed E-state index contributed by atoms with van der Waals surface area (Å²) in [5, 5.41) is 1.25. The third-order valence-corrected chi connectivity index (χ3v) is 3.72. The summed E-state index contributed by atoms with van der Waals surface area (Å²) in [6, 6.07) is 14.7. The zero-order chi connectivity index (χ0) is 13.8. The van der Waals surface area contributed by atoms with Crippen LogP contribution in [0.1, 0.15) is 36.8 Å². The van der Waals surface area contributed by atoms with Crippen LogP contribution in [0.25, 0.3) is 10.9 Å². The fraction of sp³-hybridized carbons (Fsp3) is 0.222. The summed E-state index contributed by atoms with van der Waals surface area (Å²) in [5.74, 6) is 0.390. The predicted molar refractivity (Wildman–Crippen MR) is 87.8 cm³/mol. The lowest BCUT2D eigenvalue weighted by atomic mass is 9.87. The highest BCUT2D eigenvalue weighted by atomic mass is 14.6. The molecule has 3 heteroatoms. The first-order chi connectivity index (χ1) is 9.90. The maximum Gasteiger partial charge on any atom is 0.0704 e. The molecule has 0 aliphatic carbocycles. The fourth-order valence-corrected chi connectivity index (χ4v) is 2.79. The normalized spacial score (nSPS) is 11.9. The van der Waals surface area contributed by atoms with E-state index in [0.717, 1.165) is 18.4 Å². The van der Waals surface area contributed by atoms with Gasteiger partial charge in [-0.3, -0.25) is 9.97 Å². The zero-order valence-corrected chi connectivity index (χ0v) is 12.4. The van der Waals surface area contributed by atoms with E-state index < -0.39 is 0 Å². The van der Waals surface area contributed by atoms with Gasteiger partial charge in [-0.25, -0.2) is 0 Å². The lowest BCUT2D eigenvalue weighted by molar-refractivity contribution is 0.699. The van der Waals surface area contributed by atoms with Crippen LogP contribution in [0.3, 0.4) is 0 Å². The molecule has 3 nitrogen and oxygen atoms in total. The topological polar surface area (TPSA) is 60.8 Å². The molecule has 0 saturated heterocycles. The van der Waals surface area contributed by atoms with E-state index in [2.05, 4.69) is 47.2 Å². The van der Waals surface area contributed by atoms with Crippen molar-refractivity contribution in [2.75, 3.05) is 0 Å². The maximum atomic E-state index is 4.46. The molecule has 0 fully saturated rings. The third-order valence-electron chi connectivity index (χ3n) is 3.72. The average Bonchev–Trinajstić information content (AvgIpc) is 2.53. The van der Waals surface area contributed by atoms with E-state index in [-0.39, 0.29) is 6.15 Å². The Morgan fingerprint density at radius 3 is 2.62 bits per heavy atom. The van der Waals surface area contributed by atoms with Crippen LogP contribution in [-0.2, 0) is 0 Å². The van der Waals surface area contributed by atoms with Crippen molar-refractivity contribution >= 4 is 10.9 Å². The molecular weight excluding hydrogens is 258 g/mol. The summed E-state index contributed by atoms with van der Waals surface area (Å²) in [5.41, 5.74) is 3.70. The van der Waals surface area contributed by atoms with Gasteiger partial charge in [0.05, 0.1) is 5.52 Å². The Kier molecular flexibility index (Phi) is 5.01. The molecule has 21 heavy (non-hydrogen) atoms. The molecule has 1 unspecified atom stereocenters.